The van der Waals surface area contributed by atoms with E-state index in [1.807, 2.05) is 26.0 Å². The van der Waals surface area contributed by atoms with Crippen LogP contribution in [0.2, 0.25) is 0 Å². The smallest absolute Gasteiger partial charge is 0.407 e. The lowest BCUT2D eigenvalue weighted by Gasteiger charge is -2.20. The second kappa shape index (κ2) is 11.0. The van der Waals surface area contributed by atoms with Gasteiger partial charge in [0.05, 0.1) is 5.92 Å². The minimum Gasteiger partial charge on any atom is -0.444 e. The quantitative estimate of drug-likeness (QED) is 0.567. The number of carbonyl (C=O) groups is 4. The summed E-state index contributed by atoms with van der Waals surface area (Å²) in [7, 11) is 0. The predicted octanol–water partition coefficient (Wildman–Crippen LogP) is 2.41. The van der Waals surface area contributed by atoms with Crippen LogP contribution in [0.1, 0.15) is 53.0 Å². The van der Waals surface area contributed by atoms with Gasteiger partial charge >= 0.3 is 6.09 Å². The third-order valence-electron chi connectivity index (χ3n) is 4.88. The summed E-state index contributed by atoms with van der Waals surface area (Å²) in [6.45, 7) is 10.2. The van der Waals surface area contributed by atoms with Crippen LogP contribution in [0, 0.1) is 5.92 Å². The van der Waals surface area contributed by atoms with Crippen LogP contribution in [-0.4, -0.2) is 53.4 Å². The number of amides is 4. The molecular formula is C23H34N4O5. The lowest BCUT2D eigenvalue weighted by Crippen LogP contribution is -2.35. The molecule has 1 unspecified atom stereocenters. The van der Waals surface area contributed by atoms with Crippen molar-refractivity contribution in [3.63, 3.8) is 0 Å². The molecule has 9 heteroatoms. The number of rotatable bonds is 8. The number of likely N-dealkylation sites (tertiary alicyclic amines) is 1. The summed E-state index contributed by atoms with van der Waals surface area (Å²) in [6, 6.07) is 7.22. The molecule has 3 N–H and O–H groups in total. The first-order chi connectivity index (χ1) is 14.9. The van der Waals surface area contributed by atoms with Crippen molar-refractivity contribution in [3.8, 4) is 0 Å². The van der Waals surface area contributed by atoms with Gasteiger partial charge in [-0.1, -0.05) is 12.1 Å². The van der Waals surface area contributed by atoms with Crippen molar-refractivity contribution in [2.75, 3.05) is 18.4 Å². The Morgan fingerprint density at radius 3 is 2.34 bits per heavy atom. The molecule has 32 heavy (non-hydrogen) atoms. The molecule has 0 spiro atoms. The van der Waals surface area contributed by atoms with Crippen molar-refractivity contribution in [1.82, 2.24) is 15.5 Å². The molecule has 1 atom stereocenters. The summed E-state index contributed by atoms with van der Waals surface area (Å²) >= 11 is 0. The Morgan fingerprint density at radius 2 is 1.78 bits per heavy atom. The highest BCUT2D eigenvalue weighted by molar-refractivity contribution is 5.91. The fraction of sp³-hybridized carbons (Fsp3) is 0.565. The van der Waals surface area contributed by atoms with Crippen molar-refractivity contribution in [3.05, 3.63) is 29.8 Å². The minimum absolute atomic E-state index is 0.0153. The highest BCUT2D eigenvalue weighted by atomic mass is 16.6. The van der Waals surface area contributed by atoms with E-state index in [1.165, 1.54) is 0 Å². The molecule has 0 saturated carbocycles. The third kappa shape index (κ3) is 8.20. The van der Waals surface area contributed by atoms with E-state index in [4.69, 9.17) is 4.74 Å². The monoisotopic (exact) mass is 446 g/mol. The molecule has 2 rings (SSSR count). The summed E-state index contributed by atoms with van der Waals surface area (Å²) in [5.41, 5.74) is 0.917. The Labute approximate surface area is 189 Å². The van der Waals surface area contributed by atoms with Gasteiger partial charge in [-0.25, -0.2) is 4.79 Å². The molecular weight excluding hydrogens is 412 g/mol. The van der Waals surface area contributed by atoms with Gasteiger partial charge in [-0.05, 0) is 52.3 Å². The molecule has 0 bridgehead atoms. The van der Waals surface area contributed by atoms with Crippen LogP contribution >= 0.6 is 0 Å². The number of hydrogen-bond acceptors (Lipinski definition) is 5. The van der Waals surface area contributed by atoms with Gasteiger partial charge in [0.15, 0.2) is 0 Å². The number of carbonyl (C=O) groups excluding carboxylic acids is 4. The molecule has 176 valence electrons. The zero-order chi connectivity index (χ0) is 23.9. The molecule has 1 aliphatic heterocycles. The molecule has 0 aliphatic carbocycles. The molecule has 0 aromatic heterocycles. The summed E-state index contributed by atoms with van der Waals surface area (Å²) < 4.78 is 5.11. The largest absolute Gasteiger partial charge is 0.444 e. The second-order valence-electron chi connectivity index (χ2n) is 9.18. The first-order valence-corrected chi connectivity index (χ1v) is 10.9. The van der Waals surface area contributed by atoms with Gasteiger partial charge in [0.1, 0.15) is 5.60 Å². The van der Waals surface area contributed by atoms with Crippen LogP contribution < -0.4 is 16.0 Å². The van der Waals surface area contributed by atoms with Crippen molar-refractivity contribution >= 4 is 29.5 Å². The number of hydrogen-bond donors (Lipinski definition) is 3. The lowest BCUT2D eigenvalue weighted by molar-refractivity contribution is -0.130. The van der Waals surface area contributed by atoms with Gasteiger partial charge in [0.2, 0.25) is 17.7 Å². The molecule has 1 aromatic carbocycles. The highest BCUT2D eigenvalue weighted by Gasteiger charge is 2.35. The molecule has 4 amide bonds. The van der Waals surface area contributed by atoms with Gasteiger partial charge in [0, 0.05) is 44.2 Å². The van der Waals surface area contributed by atoms with Crippen molar-refractivity contribution < 1.29 is 23.9 Å². The van der Waals surface area contributed by atoms with Crippen LogP contribution in [0.3, 0.4) is 0 Å². The minimum atomic E-state index is -0.587. The predicted molar refractivity (Wildman–Crippen MR) is 121 cm³/mol. The Hall–Kier alpha value is -3.10. The molecule has 1 saturated heterocycles. The second-order valence-corrected chi connectivity index (χ2v) is 9.18. The molecule has 1 aromatic rings. The summed E-state index contributed by atoms with van der Waals surface area (Å²) in [5, 5.41) is 8.18. The maximum atomic E-state index is 12.4. The first kappa shape index (κ1) is 25.2. The summed E-state index contributed by atoms with van der Waals surface area (Å²) in [5.74, 6) is -0.668. The van der Waals surface area contributed by atoms with E-state index in [0.29, 0.717) is 18.8 Å². The highest BCUT2D eigenvalue weighted by Crippen LogP contribution is 2.20. The van der Waals surface area contributed by atoms with E-state index in [0.717, 1.165) is 5.56 Å². The Balaban J connectivity index is 1.71. The average molecular weight is 447 g/mol. The maximum absolute atomic E-state index is 12.4. The standard InChI is InChI=1S/C23H34N4O5/c1-15(2)27-14-17(12-20(27)29)21(30)25-13-16-6-8-18(9-7-16)26-19(28)10-11-24-22(31)32-23(3,4)5/h6-9,15,17H,10-14H2,1-5H3,(H,24,31)(H,25,30)(H,26,28). The van der Waals surface area contributed by atoms with Crippen LogP contribution in [0.5, 0.6) is 0 Å². The van der Waals surface area contributed by atoms with Gasteiger partial charge in [0.25, 0.3) is 0 Å². The average Bonchev–Trinajstić information content (AvgIpc) is 3.08. The molecule has 1 heterocycles. The van der Waals surface area contributed by atoms with E-state index in [-0.39, 0.29) is 49.1 Å². The van der Waals surface area contributed by atoms with Crippen molar-refractivity contribution in [2.24, 2.45) is 5.92 Å². The molecule has 1 aliphatic rings. The number of nitrogens with one attached hydrogen (secondary N) is 3. The summed E-state index contributed by atoms with van der Waals surface area (Å²) in [6.07, 6.45) is -0.196. The lowest BCUT2D eigenvalue weighted by atomic mass is 10.1. The van der Waals surface area contributed by atoms with Gasteiger partial charge in [-0.15, -0.1) is 0 Å². The Morgan fingerprint density at radius 1 is 1.12 bits per heavy atom. The van der Waals surface area contributed by atoms with E-state index in [9.17, 15) is 19.2 Å². The van der Waals surface area contributed by atoms with Crippen LogP contribution in [0.15, 0.2) is 24.3 Å². The van der Waals surface area contributed by atoms with Gasteiger partial charge < -0.3 is 25.6 Å². The van der Waals surface area contributed by atoms with Crippen molar-refractivity contribution in [1.29, 1.82) is 0 Å². The summed E-state index contributed by atoms with van der Waals surface area (Å²) in [4.78, 5) is 49.7. The zero-order valence-electron chi connectivity index (χ0n) is 19.5. The van der Waals surface area contributed by atoms with Crippen molar-refractivity contribution in [2.45, 2.75) is 65.6 Å². The number of anilines is 1. The van der Waals surface area contributed by atoms with Crippen LogP contribution in [-0.2, 0) is 25.7 Å². The Bertz CT molecular complexity index is 830. The van der Waals surface area contributed by atoms with E-state index >= 15 is 0 Å². The van der Waals surface area contributed by atoms with E-state index < -0.39 is 11.7 Å². The zero-order valence-corrected chi connectivity index (χ0v) is 19.5. The molecule has 1 fully saturated rings. The fourth-order valence-electron chi connectivity index (χ4n) is 3.26. The number of benzene rings is 1. The number of nitrogens with zero attached hydrogens (tertiary/aromatic N) is 1. The van der Waals surface area contributed by atoms with Gasteiger partial charge in [-0.3, -0.25) is 14.4 Å². The maximum Gasteiger partial charge on any atom is 0.407 e. The normalized spacial score (nSPS) is 16.1. The first-order valence-electron chi connectivity index (χ1n) is 10.9. The third-order valence-corrected chi connectivity index (χ3v) is 4.88. The molecule has 9 nitrogen and oxygen atoms in total. The van der Waals surface area contributed by atoms with Gasteiger partial charge in [-0.2, -0.15) is 0 Å². The van der Waals surface area contributed by atoms with Crippen LogP contribution in [0.25, 0.3) is 0 Å². The molecule has 0 radical (unpaired) electrons. The van der Waals surface area contributed by atoms with E-state index in [2.05, 4.69) is 16.0 Å². The fourth-order valence-corrected chi connectivity index (χ4v) is 3.26. The van der Waals surface area contributed by atoms with Crippen LogP contribution in [0.4, 0.5) is 10.5 Å². The topological polar surface area (TPSA) is 117 Å². The number of alkyl carbamates (subject to hydrolysis) is 1. The number of ether oxygens (including phenoxy) is 1. The Kier molecular flexibility index (Phi) is 8.63. The SMILES string of the molecule is CC(C)N1CC(C(=O)NCc2ccc(NC(=O)CCNC(=O)OC(C)(C)C)cc2)CC1=O. The van der Waals surface area contributed by atoms with E-state index in [1.54, 1.807) is 37.8 Å².